The number of hydrogen-bond donors (Lipinski definition) is 1. The number of hydrogen-bond acceptors (Lipinski definition) is 3. The van der Waals surface area contributed by atoms with Gasteiger partial charge in [0.05, 0.1) is 6.61 Å². The van der Waals surface area contributed by atoms with Crippen molar-refractivity contribution in [2.75, 3.05) is 6.61 Å². The molecular weight excluding hydrogens is 237 g/mol. The monoisotopic (exact) mass is 248 g/mol. The van der Waals surface area contributed by atoms with E-state index in [4.69, 9.17) is 0 Å². The van der Waals surface area contributed by atoms with E-state index in [1.54, 1.807) is 0 Å². The summed E-state index contributed by atoms with van der Waals surface area (Å²) in [6.45, 7) is 1.10. The highest BCUT2D eigenvalue weighted by Crippen LogP contribution is 2.33. The van der Waals surface area contributed by atoms with Crippen LogP contribution in [-0.4, -0.2) is 23.6 Å². The van der Waals surface area contributed by atoms with Crippen molar-refractivity contribution in [1.29, 1.82) is 0 Å². The molecule has 1 rings (SSSR count). The van der Waals surface area contributed by atoms with Gasteiger partial charge in [-0.05, 0) is 13.0 Å². The molecule has 3 nitrogen and oxygen atoms in total. The summed E-state index contributed by atoms with van der Waals surface area (Å²) in [7, 11) is 0. The van der Waals surface area contributed by atoms with E-state index in [0.717, 1.165) is 12.1 Å². The van der Waals surface area contributed by atoms with E-state index in [0.29, 0.717) is 0 Å². The van der Waals surface area contributed by atoms with Gasteiger partial charge >= 0.3 is 11.9 Å². The molecule has 1 aromatic carbocycles. The van der Waals surface area contributed by atoms with Crippen LogP contribution in [0.3, 0.4) is 0 Å². The highest BCUT2D eigenvalue weighted by molar-refractivity contribution is 5.78. The SMILES string of the molecule is CCOC(=O)C(F)(F)[C@@H](O)c1ccccc1F. The van der Waals surface area contributed by atoms with E-state index in [2.05, 4.69) is 4.74 Å². The number of esters is 1. The van der Waals surface area contributed by atoms with Crippen molar-refractivity contribution in [3.05, 3.63) is 35.6 Å². The number of carbonyl (C=O) groups excluding carboxylic acids is 1. The van der Waals surface area contributed by atoms with Crippen LogP contribution in [0.1, 0.15) is 18.6 Å². The lowest BCUT2D eigenvalue weighted by molar-refractivity contribution is -0.189. The average molecular weight is 248 g/mol. The van der Waals surface area contributed by atoms with Gasteiger partial charge in [-0.25, -0.2) is 9.18 Å². The summed E-state index contributed by atoms with van der Waals surface area (Å²) in [5, 5.41) is 9.34. The molecule has 0 radical (unpaired) electrons. The van der Waals surface area contributed by atoms with Gasteiger partial charge in [0, 0.05) is 5.56 Å². The molecule has 0 bridgehead atoms. The van der Waals surface area contributed by atoms with E-state index >= 15 is 0 Å². The third kappa shape index (κ3) is 2.76. The van der Waals surface area contributed by atoms with Crippen molar-refractivity contribution in [3.8, 4) is 0 Å². The highest BCUT2D eigenvalue weighted by Gasteiger charge is 2.49. The zero-order valence-corrected chi connectivity index (χ0v) is 8.99. The second-order valence-corrected chi connectivity index (χ2v) is 3.27. The van der Waals surface area contributed by atoms with Crippen molar-refractivity contribution < 1.29 is 27.8 Å². The van der Waals surface area contributed by atoms with Crippen LogP contribution in [0.5, 0.6) is 0 Å². The molecule has 0 aromatic heterocycles. The largest absolute Gasteiger partial charge is 0.461 e. The maximum absolute atomic E-state index is 13.4. The second kappa shape index (κ2) is 5.18. The smallest absolute Gasteiger partial charge is 0.380 e. The molecule has 0 amide bonds. The number of ether oxygens (including phenoxy) is 1. The Labute approximate surface area is 95.8 Å². The van der Waals surface area contributed by atoms with E-state index < -0.39 is 29.4 Å². The Kier molecular flexibility index (Phi) is 4.11. The molecule has 0 saturated heterocycles. The van der Waals surface area contributed by atoms with Gasteiger partial charge in [0.25, 0.3) is 0 Å². The minimum Gasteiger partial charge on any atom is -0.461 e. The molecule has 1 aromatic rings. The first-order valence-electron chi connectivity index (χ1n) is 4.88. The van der Waals surface area contributed by atoms with Crippen molar-refractivity contribution >= 4 is 5.97 Å². The summed E-state index contributed by atoms with van der Waals surface area (Å²) in [6.07, 6.45) is -2.57. The summed E-state index contributed by atoms with van der Waals surface area (Å²) in [6, 6.07) is 4.46. The fourth-order valence-electron chi connectivity index (χ4n) is 1.23. The first-order valence-corrected chi connectivity index (χ1v) is 4.88. The van der Waals surface area contributed by atoms with Gasteiger partial charge in [0.1, 0.15) is 5.82 Å². The Morgan fingerprint density at radius 2 is 2.06 bits per heavy atom. The Hall–Kier alpha value is -1.56. The third-order valence-corrected chi connectivity index (χ3v) is 2.09. The number of aliphatic hydroxyl groups is 1. The van der Waals surface area contributed by atoms with Gasteiger partial charge in [0.2, 0.25) is 0 Å². The molecule has 0 fully saturated rings. The minimum absolute atomic E-state index is 0.252. The molecule has 0 aliphatic rings. The van der Waals surface area contributed by atoms with Gasteiger partial charge in [-0.3, -0.25) is 0 Å². The molecule has 0 unspecified atom stereocenters. The van der Waals surface area contributed by atoms with E-state index in [1.807, 2.05) is 0 Å². The van der Waals surface area contributed by atoms with Crippen LogP contribution in [-0.2, 0) is 9.53 Å². The Balaban J connectivity index is 3.00. The van der Waals surface area contributed by atoms with Crippen molar-refractivity contribution in [1.82, 2.24) is 0 Å². The molecule has 0 saturated carbocycles. The zero-order chi connectivity index (χ0) is 13.1. The Morgan fingerprint density at radius 3 is 2.59 bits per heavy atom. The van der Waals surface area contributed by atoms with Gasteiger partial charge in [0.15, 0.2) is 6.10 Å². The summed E-state index contributed by atoms with van der Waals surface area (Å²) < 4.78 is 44.0. The number of benzene rings is 1. The van der Waals surface area contributed by atoms with Gasteiger partial charge in [-0.15, -0.1) is 0 Å². The molecular formula is C11H11F3O3. The topological polar surface area (TPSA) is 46.5 Å². The summed E-state index contributed by atoms with van der Waals surface area (Å²) in [5.41, 5.74) is -0.648. The van der Waals surface area contributed by atoms with Crippen LogP contribution >= 0.6 is 0 Å². The maximum atomic E-state index is 13.4. The van der Waals surface area contributed by atoms with Crippen LogP contribution in [0.15, 0.2) is 24.3 Å². The molecule has 6 heteroatoms. The van der Waals surface area contributed by atoms with Gasteiger partial charge in [-0.2, -0.15) is 8.78 Å². The normalized spacial score (nSPS) is 13.2. The second-order valence-electron chi connectivity index (χ2n) is 3.27. The number of carbonyl (C=O) groups is 1. The van der Waals surface area contributed by atoms with Crippen LogP contribution in [0.25, 0.3) is 0 Å². The molecule has 17 heavy (non-hydrogen) atoms. The molecule has 0 spiro atoms. The Morgan fingerprint density at radius 1 is 1.47 bits per heavy atom. The molecule has 94 valence electrons. The first-order chi connectivity index (χ1) is 7.91. The first kappa shape index (κ1) is 13.5. The molecule has 0 aliphatic heterocycles. The fourth-order valence-corrected chi connectivity index (χ4v) is 1.23. The van der Waals surface area contributed by atoms with Crippen molar-refractivity contribution in [2.24, 2.45) is 0 Å². The maximum Gasteiger partial charge on any atom is 0.380 e. The predicted octanol–water partition coefficient (Wildman–Crippen LogP) is 2.06. The molecule has 0 aliphatic carbocycles. The summed E-state index contributed by atoms with van der Waals surface area (Å²) in [4.78, 5) is 10.9. The number of rotatable bonds is 4. The third-order valence-electron chi connectivity index (χ3n) is 2.09. The van der Waals surface area contributed by atoms with Gasteiger partial charge in [-0.1, -0.05) is 18.2 Å². The lowest BCUT2D eigenvalue weighted by atomic mass is 10.0. The molecule has 0 heterocycles. The average Bonchev–Trinajstić information content (AvgIpc) is 2.29. The van der Waals surface area contributed by atoms with Crippen LogP contribution in [0.2, 0.25) is 0 Å². The number of alkyl halides is 2. The van der Waals surface area contributed by atoms with Crippen molar-refractivity contribution in [3.63, 3.8) is 0 Å². The summed E-state index contributed by atoms with van der Waals surface area (Å²) >= 11 is 0. The quantitative estimate of drug-likeness (QED) is 0.829. The zero-order valence-electron chi connectivity index (χ0n) is 8.99. The van der Waals surface area contributed by atoms with Crippen LogP contribution in [0.4, 0.5) is 13.2 Å². The lowest BCUT2D eigenvalue weighted by Crippen LogP contribution is -2.37. The highest BCUT2D eigenvalue weighted by atomic mass is 19.3. The lowest BCUT2D eigenvalue weighted by Gasteiger charge is -2.21. The summed E-state index contributed by atoms with van der Waals surface area (Å²) in [5.74, 6) is -7.07. The van der Waals surface area contributed by atoms with Crippen molar-refractivity contribution in [2.45, 2.75) is 19.0 Å². The number of halogens is 3. The van der Waals surface area contributed by atoms with E-state index in [9.17, 15) is 23.1 Å². The number of aliphatic hydroxyl groups excluding tert-OH is 1. The van der Waals surface area contributed by atoms with Crippen LogP contribution < -0.4 is 0 Å². The van der Waals surface area contributed by atoms with Crippen LogP contribution in [0, 0.1) is 5.82 Å². The molecule has 1 atom stereocenters. The predicted molar refractivity (Wildman–Crippen MR) is 52.9 cm³/mol. The minimum atomic E-state index is -4.18. The Bertz CT molecular complexity index is 407. The van der Waals surface area contributed by atoms with E-state index in [-0.39, 0.29) is 6.61 Å². The van der Waals surface area contributed by atoms with E-state index in [1.165, 1.54) is 19.1 Å². The molecule has 1 N–H and O–H groups in total. The fraction of sp³-hybridized carbons (Fsp3) is 0.364. The van der Waals surface area contributed by atoms with Gasteiger partial charge < -0.3 is 9.84 Å². The standard InChI is InChI=1S/C11H11F3O3/c1-2-17-10(16)11(13,14)9(15)7-5-3-4-6-8(7)12/h3-6,9,15H,2H2,1H3/t9-/m0/s1.